The van der Waals surface area contributed by atoms with Crippen LogP contribution in [-0.2, 0) is 34.0 Å². The van der Waals surface area contributed by atoms with Gasteiger partial charge in [-0.05, 0) is 11.1 Å². The third kappa shape index (κ3) is 5.16. The van der Waals surface area contributed by atoms with Crippen LogP contribution < -0.4 is 0 Å². The largest absolute Gasteiger partial charge is 0.321 e. The Morgan fingerprint density at radius 3 is 2.31 bits per heavy atom. The Morgan fingerprint density at radius 2 is 1.66 bits per heavy atom. The molecule has 0 spiro atoms. The highest BCUT2D eigenvalue weighted by Gasteiger charge is 2.27. The molecule has 2 aromatic carbocycles. The van der Waals surface area contributed by atoms with Crippen molar-refractivity contribution in [2.24, 2.45) is 4.99 Å². The Hall–Kier alpha value is -3.20. The van der Waals surface area contributed by atoms with Gasteiger partial charge < -0.3 is 4.90 Å². The summed E-state index contributed by atoms with van der Waals surface area (Å²) in [5.74, 6) is 0. The van der Waals surface area contributed by atoms with Gasteiger partial charge in [-0.3, -0.25) is 9.55 Å². The first kappa shape index (κ1) is 22.0. The van der Waals surface area contributed by atoms with Crippen molar-refractivity contribution in [3.05, 3.63) is 124 Å². The van der Waals surface area contributed by atoms with Crippen LogP contribution in [0.1, 0.15) is 11.1 Å². The Bertz CT molecular complexity index is 1260. The smallest absolute Gasteiger partial charge is 0.258 e. The highest BCUT2D eigenvalue weighted by molar-refractivity contribution is 8.04. The number of hydrogen-bond donors (Lipinski definition) is 1. The van der Waals surface area contributed by atoms with Gasteiger partial charge in [0.1, 0.15) is 10.8 Å². The van der Waals surface area contributed by atoms with Gasteiger partial charge in [0.2, 0.25) is 0 Å². The van der Waals surface area contributed by atoms with Crippen LogP contribution in [0.15, 0.2) is 113 Å². The molecule has 1 N–H and O–H groups in total. The van der Waals surface area contributed by atoms with Gasteiger partial charge in [0, 0.05) is 22.9 Å². The first-order valence-corrected chi connectivity index (χ1v) is 12.4. The fourth-order valence-corrected chi connectivity index (χ4v) is 5.19. The second-order valence-electron chi connectivity index (χ2n) is 7.16. The molecule has 0 bridgehead atoms. The summed E-state index contributed by atoms with van der Waals surface area (Å²) in [6.07, 6.45) is 9.28. The van der Waals surface area contributed by atoms with Crippen molar-refractivity contribution in [1.82, 2.24) is 4.90 Å². The van der Waals surface area contributed by atoms with E-state index in [1.807, 2.05) is 65.6 Å². The second-order valence-corrected chi connectivity index (χ2v) is 9.92. The van der Waals surface area contributed by atoms with Crippen molar-refractivity contribution < 1.29 is 17.2 Å². The number of aliphatic imine (C=N–C) groups is 1. The summed E-state index contributed by atoms with van der Waals surface area (Å²) in [5.41, 5.74) is 2.28. The zero-order valence-electron chi connectivity index (χ0n) is 17.0. The van der Waals surface area contributed by atoms with Crippen LogP contribution in [0.3, 0.4) is 0 Å². The SMILES string of the molecule is O=S1C(C=C2C=CC=C[C-]2S(=O)(=O)O)=CN(Cc2ccccc2)C1=NCc1ccccc1. The number of allylic oxidation sites excluding steroid dienone is 4. The molecule has 8 heteroatoms. The minimum Gasteiger partial charge on any atom is -0.321 e. The summed E-state index contributed by atoms with van der Waals surface area (Å²) in [6.45, 7) is 0.841. The average Bonchev–Trinajstić information content (AvgIpc) is 3.07. The predicted molar refractivity (Wildman–Crippen MR) is 127 cm³/mol. The van der Waals surface area contributed by atoms with E-state index < -0.39 is 20.9 Å². The summed E-state index contributed by atoms with van der Waals surface area (Å²) >= 11 is 0. The molecule has 2 aliphatic rings. The summed E-state index contributed by atoms with van der Waals surface area (Å²) in [6, 6.07) is 19.4. The Labute approximate surface area is 190 Å². The zero-order chi connectivity index (χ0) is 22.6. The molecule has 0 radical (unpaired) electrons. The lowest BCUT2D eigenvalue weighted by Gasteiger charge is -2.21. The number of benzene rings is 2. The van der Waals surface area contributed by atoms with Crippen molar-refractivity contribution in [3.8, 4) is 0 Å². The van der Waals surface area contributed by atoms with Crippen LogP contribution >= 0.6 is 0 Å². The van der Waals surface area contributed by atoms with Crippen LogP contribution in [0.25, 0.3) is 0 Å². The van der Waals surface area contributed by atoms with Gasteiger partial charge in [-0.2, -0.15) is 0 Å². The van der Waals surface area contributed by atoms with Crippen molar-refractivity contribution in [2.45, 2.75) is 13.1 Å². The molecule has 0 saturated carbocycles. The van der Waals surface area contributed by atoms with Gasteiger partial charge in [0.15, 0.2) is 5.17 Å². The van der Waals surface area contributed by atoms with E-state index in [1.165, 1.54) is 18.2 Å². The monoisotopic (exact) mass is 465 g/mol. The van der Waals surface area contributed by atoms with E-state index in [-0.39, 0.29) is 10.8 Å². The predicted octanol–water partition coefficient (Wildman–Crippen LogP) is 4.12. The molecule has 0 fully saturated rings. The van der Waals surface area contributed by atoms with Gasteiger partial charge in [0.25, 0.3) is 10.1 Å². The quantitative estimate of drug-likeness (QED) is 0.512. The fraction of sp³-hybridized carbons (Fsp3) is 0.0833. The molecule has 1 heterocycles. The lowest BCUT2D eigenvalue weighted by atomic mass is 10.1. The summed E-state index contributed by atoms with van der Waals surface area (Å²) in [7, 11) is -6.02. The number of amidine groups is 1. The molecule has 4 rings (SSSR count). The lowest BCUT2D eigenvalue weighted by Crippen LogP contribution is -2.23. The van der Waals surface area contributed by atoms with Crippen molar-refractivity contribution >= 4 is 26.1 Å². The molecular weight excluding hydrogens is 444 g/mol. The molecule has 1 unspecified atom stereocenters. The Kier molecular flexibility index (Phi) is 6.55. The van der Waals surface area contributed by atoms with E-state index in [4.69, 9.17) is 0 Å². The maximum atomic E-state index is 13.3. The third-order valence-electron chi connectivity index (χ3n) is 4.84. The molecule has 32 heavy (non-hydrogen) atoms. The van der Waals surface area contributed by atoms with Crippen molar-refractivity contribution in [3.63, 3.8) is 0 Å². The number of hydrogen-bond acceptors (Lipinski definition) is 4. The van der Waals surface area contributed by atoms with E-state index in [1.54, 1.807) is 18.4 Å². The average molecular weight is 466 g/mol. The number of nitrogens with zero attached hydrogens (tertiary/aromatic N) is 2. The topological polar surface area (TPSA) is 87.0 Å². The van der Waals surface area contributed by atoms with Crippen LogP contribution in [0.2, 0.25) is 0 Å². The first-order valence-electron chi connectivity index (χ1n) is 9.85. The molecule has 1 aliphatic heterocycles. The minimum atomic E-state index is -4.42. The molecule has 0 saturated heterocycles. The zero-order valence-corrected chi connectivity index (χ0v) is 18.7. The van der Waals surface area contributed by atoms with E-state index in [0.717, 1.165) is 11.1 Å². The maximum absolute atomic E-state index is 13.3. The summed E-state index contributed by atoms with van der Waals surface area (Å²) < 4.78 is 46.4. The van der Waals surface area contributed by atoms with Crippen LogP contribution in [-0.4, -0.2) is 27.2 Å². The second kappa shape index (κ2) is 9.52. The number of rotatable bonds is 6. The van der Waals surface area contributed by atoms with Crippen molar-refractivity contribution in [2.75, 3.05) is 0 Å². The van der Waals surface area contributed by atoms with Crippen LogP contribution in [0, 0.1) is 5.25 Å². The maximum Gasteiger partial charge on any atom is 0.258 e. The standard InChI is InChI=1S/C24H21N2O4S2/c27-31-22(15-21-13-7-8-14-23(21)32(28,29)30)18-26(17-20-11-5-2-6-12-20)24(31)25-16-19-9-3-1-4-10-19/h1-15,18H,16-17H2,(H,28,29,30)/q-1. The molecule has 0 amide bonds. The van der Waals surface area contributed by atoms with Gasteiger partial charge >= 0.3 is 0 Å². The molecule has 6 nitrogen and oxygen atoms in total. The van der Waals surface area contributed by atoms with Gasteiger partial charge in [-0.1, -0.05) is 60.7 Å². The van der Waals surface area contributed by atoms with Crippen molar-refractivity contribution in [1.29, 1.82) is 0 Å². The highest BCUT2D eigenvalue weighted by atomic mass is 32.2. The van der Waals surface area contributed by atoms with Gasteiger partial charge in [-0.15, -0.1) is 36.0 Å². The molecule has 1 aliphatic carbocycles. The van der Waals surface area contributed by atoms with Gasteiger partial charge in [0.05, 0.1) is 6.54 Å². The van der Waals surface area contributed by atoms with E-state index in [0.29, 0.717) is 23.2 Å². The summed E-state index contributed by atoms with van der Waals surface area (Å²) in [4.78, 5) is 6.84. The first-order chi connectivity index (χ1) is 15.4. The third-order valence-corrected chi connectivity index (χ3v) is 7.11. The van der Waals surface area contributed by atoms with Gasteiger partial charge in [-0.25, -0.2) is 12.6 Å². The van der Waals surface area contributed by atoms with E-state index >= 15 is 0 Å². The Balaban J connectivity index is 1.68. The molecule has 1 atom stereocenters. The van der Waals surface area contributed by atoms with Crippen LogP contribution in [0.4, 0.5) is 0 Å². The Morgan fingerprint density at radius 1 is 1.00 bits per heavy atom. The van der Waals surface area contributed by atoms with E-state index in [9.17, 15) is 17.2 Å². The molecule has 164 valence electrons. The van der Waals surface area contributed by atoms with E-state index in [2.05, 4.69) is 4.99 Å². The normalized spacial score (nSPS) is 20.9. The molecular formula is C24H21N2O4S2-. The molecule has 0 aromatic heterocycles. The summed E-state index contributed by atoms with van der Waals surface area (Å²) in [5, 5.41) is 0.162. The highest BCUT2D eigenvalue weighted by Crippen LogP contribution is 2.30. The molecule has 2 aromatic rings. The minimum absolute atomic E-state index is 0.234. The fourth-order valence-electron chi connectivity index (χ4n) is 3.33. The lowest BCUT2D eigenvalue weighted by molar-refractivity contribution is 0.487. The van der Waals surface area contributed by atoms with Crippen LogP contribution in [0.5, 0.6) is 0 Å².